The molecule has 1 N–H and O–H groups in total. The molecule has 0 atom stereocenters. The molecule has 1 amide bonds. The second-order valence-corrected chi connectivity index (χ2v) is 6.28. The first kappa shape index (κ1) is 17.7. The fraction of sp³-hybridized carbons (Fsp3) is 0.667. The molecule has 21 heavy (non-hydrogen) atoms. The van der Waals surface area contributed by atoms with Gasteiger partial charge in [-0.05, 0) is 13.8 Å². The van der Waals surface area contributed by atoms with E-state index in [1.165, 1.54) is 0 Å². The van der Waals surface area contributed by atoms with E-state index in [9.17, 15) is 4.79 Å². The molecule has 118 valence electrons. The molecule has 0 aliphatic rings. The predicted octanol–water partition coefficient (Wildman–Crippen LogP) is 3.10. The average Bonchev–Trinajstić information content (AvgIpc) is 2.38. The van der Waals surface area contributed by atoms with Gasteiger partial charge in [-0.15, -0.1) is 0 Å². The van der Waals surface area contributed by atoms with Crippen LogP contribution < -0.4 is 5.32 Å². The Kier molecular flexibility index (Phi) is 6.40. The molecule has 1 heterocycles. The number of hydrogen-bond donors (Lipinski definition) is 1. The Labute approximate surface area is 132 Å². The number of amides is 1. The van der Waals surface area contributed by atoms with Gasteiger partial charge in [-0.2, -0.15) is 0 Å². The third-order valence-corrected chi connectivity index (χ3v) is 3.32. The maximum absolute atomic E-state index is 11.9. The molecule has 5 nitrogen and oxygen atoms in total. The normalized spacial score (nSPS) is 11.3. The van der Waals surface area contributed by atoms with Crippen molar-refractivity contribution in [2.24, 2.45) is 0 Å². The van der Waals surface area contributed by atoms with Gasteiger partial charge in [0, 0.05) is 37.5 Å². The fourth-order valence-corrected chi connectivity index (χ4v) is 2.06. The minimum atomic E-state index is -0.168. The first-order valence-electron chi connectivity index (χ1n) is 7.34. The Hall–Kier alpha value is -1.36. The second-order valence-electron chi connectivity index (χ2n) is 5.89. The number of aromatic nitrogens is 2. The van der Waals surface area contributed by atoms with Gasteiger partial charge in [0.15, 0.2) is 0 Å². The van der Waals surface area contributed by atoms with E-state index in [1.54, 1.807) is 6.07 Å². The lowest BCUT2D eigenvalue weighted by atomic mass is 9.96. The summed E-state index contributed by atoms with van der Waals surface area (Å²) in [6.07, 6.45) is 0.439. The van der Waals surface area contributed by atoms with Crippen LogP contribution in [0.5, 0.6) is 0 Å². The summed E-state index contributed by atoms with van der Waals surface area (Å²) >= 11 is 6.03. The van der Waals surface area contributed by atoms with Gasteiger partial charge in [0.1, 0.15) is 16.8 Å². The highest BCUT2D eigenvalue weighted by Gasteiger charge is 2.19. The first-order valence-corrected chi connectivity index (χ1v) is 7.72. The van der Waals surface area contributed by atoms with Crippen LogP contribution >= 0.6 is 11.6 Å². The molecular formula is C15H25ClN4O. The number of hydrogen-bond acceptors (Lipinski definition) is 4. The van der Waals surface area contributed by atoms with Crippen molar-refractivity contribution >= 4 is 23.3 Å². The van der Waals surface area contributed by atoms with Crippen molar-refractivity contribution in [1.82, 2.24) is 14.9 Å². The number of nitrogens with zero attached hydrogens (tertiary/aromatic N) is 3. The molecule has 1 aromatic heterocycles. The molecule has 0 radical (unpaired) electrons. The number of carbonyl (C=O) groups excluding carboxylic acids is 1. The van der Waals surface area contributed by atoms with E-state index in [2.05, 4.69) is 15.3 Å². The molecule has 0 fully saturated rings. The average molecular weight is 313 g/mol. The van der Waals surface area contributed by atoms with E-state index in [0.29, 0.717) is 29.8 Å². The van der Waals surface area contributed by atoms with Crippen LogP contribution in [0.25, 0.3) is 0 Å². The van der Waals surface area contributed by atoms with Crippen LogP contribution in [0.2, 0.25) is 5.15 Å². The van der Waals surface area contributed by atoms with Crippen molar-refractivity contribution in [3.05, 3.63) is 17.0 Å². The Bertz CT molecular complexity index is 481. The van der Waals surface area contributed by atoms with Crippen LogP contribution in [0.15, 0.2) is 6.07 Å². The molecule has 0 spiro atoms. The zero-order valence-corrected chi connectivity index (χ0v) is 14.3. The van der Waals surface area contributed by atoms with Crippen LogP contribution in [0.3, 0.4) is 0 Å². The lowest BCUT2D eigenvalue weighted by molar-refractivity contribution is -0.130. The lowest BCUT2D eigenvalue weighted by Gasteiger charge is -2.19. The smallest absolute Gasteiger partial charge is 0.224 e. The first-order chi connectivity index (χ1) is 9.77. The summed E-state index contributed by atoms with van der Waals surface area (Å²) in [7, 11) is 0. The van der Waals surface area contributed by atoms with Crippen LogP contribution in [-0.4, -0.2) is 40.4 Å². The standard InChI is InChI=1S/C15H25ClN4O/c1-6-20(7-2)13(21)8-9-17-12-10-11(16)18-14(19-12)15(3,4)5/h10H,6-9H2,1-5H3,(H,17,18,19). The number of carbonyl (C=O) groups is 1. The molecule has 0 aromatic carbocycles. The zero-order chi connectivity index (χ0) is 16.0. The highest BCUT2D eigenvalue weighted by Crippen LogP contribution is 2.22. The van der Waals surface area contributed by atoms with E-state index in [0.717, 1.165) is 13.1 Å². The summed E-state index contributed by atoms with van der Waals surface area (Å²) in [5.74, 6) is 1.49. The van der Waals surface area contributed by atoms with Crippen molar-refractivity contribution in [3.63, 3.8) is 0 Å². The van der Waals surface area contributed by atoms with Crippen molar-refractivity contribution in [2.45, 2.75) is 46.5 Å². The Morgan fingerprint density at radius 3 is 2.43 bits per heavy atom. The molecular weight excluding hydrogens is 288 g/mol. The SMILES string of the molecule is CCN(CC)C(=O)CCNc1cc(Cl)nc(C(C)(C)C)n1. The molecule has 0 unspecified atom stereocenters. The van der Waals surface area contributed by atoms with Gasteiger partial charge in [-0.25, -0.2) is 9.97 Å². The Morgan fingerprint density at radius 1 is 1.29 bits per heavy atom. The molecule has 0 bridgehead atoms. The Balaban J connectivity index is 2.64. The van der Waals surface area contributed by atoms with Gasteiger partial charge in [0.05, 0.1) is 0 Å². The third kappa shape index (κ3) is 5.50. The van der Waals surface area contributed by atoms with E-state index >= 15 is 0 Å². The van der Waals surface area contributed by atoms with Gasteiger partial charge < -0.3 is 10.2 Å². The molecule has 6 heteroatoms. The quantitative estimate of drug-likeness (QED) is 0.820. The summed E-state index contributed by atoms with van der Waals surface area (Å²) in [5.41, 5.74) is -0.168. The van der Waals surface area contributed by atoms with Crippen LogP contribution in [-0.2, 0) is 10.2 Å². The van der Waals surface area contributed by atoms with Gasteiger partial charge >= 0.3 is 0 Å². The van der Waals surface area contributed by atoms with Gasteiger partial charge in [-0.3, -0.25) is 4.79 Å². The summed E-state index contributed by atoms with van der Waals surface area (Å²) in [6, 6.07) is 1.68. The van der Waals surface area contributed by atoms with Gasteiger partial charge in [0.2, 0.25) is 5.91 Å². The molecule has 0 saturated heterocycles. The maximum Gasteiger partial charge on any atom is 0.224 e. The summed E-state index contributed by atoms with van der Waals surface area (Å²) in [6.45, 7) is 12.1. The molecule has 0 aliphatic carbocycles. The molecule has 1 aromatic rings. The summed E-state index contributed by atoms with van der Waals surface area (Å²) in [4.78, 5) is 22.4. The Morgan fingerprint density at radius 2 is 1.90 bits per heavy atom. The third-order valence-electron chi connectivity index (χ3n) is 3.13. The van der Waals surface area contributed by atoms with Crippen LogP contribution in [0.1, 0.15) is 46.9 Å². The minimum absolute atomic E-state index is 0.142. The van der Waals surface area contributed by atoms with Gasteiger partial charge in [0.25, 0.3) is 0 Å². The number of rotatable bonds is 6. The van der Waals surface area contributed by atoms with Crippen LogP contribution in [0.4, 0.5) is 5.82 Å². The predicted molar refractivity (Wildman–Crippen MR) is 86.8 cm³/mol. The monoisotopic (exact) mass is 312 g/mol. The van der Waals surface area contributed by atoms with Crippen molar-refractivity contribution in [1.29, 1.82) is 0 Å². The second kappa shape index (κ2) is 7.59. The lowest BCUT2D eigenvalue weighted by Crippen LogP contribution is -2.31. The van der Waals surface area contributed by atoms with Crippen molar-refractivity contribution < 1.29 is 4.79 Å². The minimum Gasteiger partial charge on any atom is -0.369 e. The topological polar surface area (TPSA) is 58.1 Å². The highest BCUT2D eigenvalue weighted by molar-refractivity contribution is 6.29. The molecule has 0 aliphatic heterocycles. The number of halogens is 1. The van der Waals surface area contributed by atoms with E-state index in [-0.39, 0.29) is 11.3 Å². The maximum atomic E-state index is 11.9. The summed E-state index contributed by atoms with van der Waals surface area (Å²) in [5, 5.41) is 3.56. The molecule has 0 saturated carbocycles. The van der Waals surface area contributed by atoms with Crippen LogP contribution in [0, 0.1) is 0 Å². The number of nitrogens with one attached hydrogen (secondary N) is 1. The highest BCUT2D eigenvalue weighted by atomic mass is 35.5. The van der Waals surface area contributed by atoms with Crippen molar-refractivity contribution in [2.75, 3.05) is 25.0 Å². The summed E-state index contributed by atoms with van der Waals surface area (Å²) < 4.78 is 0. The fourth-order valence-electron chi connectivity index (χ4n) is 1.88. The van der Waals surface area contributed by atoms with Gasteiger partial charge in [-0.1, -0.05) is 32.4 Å². The van der Waals surface area contributed by atoms with E-state index < -0.39 is 0 Å². The largest absolute Gasteiger partial charge is 0.369 e. The van der Waals surface area contributed by atoms with E-state index in [4.69, 9.17) is 11.6 Å². The number of anilines is 1. The zero-order valence-electron chi connectivity index (χ0n) is 13.5. The van der Waals surface area contributed by atoms with Crippen molar-refractivity contribution in [3.8, 4) is 0 Å². The molecule has 1 rings (SSSR count). The van der Waals surface area contributed by atoms with E-state index in [1.807, 2.05) is 39.5 Å².